The molecule has 0 bridgehead atoms. The van der Waals surface area contributed by atoms with Gasteiger partial charge in [-0.1, -0.05) is 11.6 Å². The molecule has 1 amide bonds. The highest BCUT2D eigenvalue weighted by Crippen LogP contribution is 2.34. The number of hydrogen-bond donors (Lipinski definition) is 0. The third kappa shape index (κ3) is 3.41. The summed E-state index contributed by atoms with van der Waals surface area (Å²) in [7, 11) is 1.55. The molecule has 0 N–H and O–H groups in total. The van der Waals surface area contributed by atoms with Crippen molar-refractivity contribution in [2.75, 3.05) is 18.6 Å². The van der Waals surface area contributed by atoms with Crippen LogP contribution < -0.4 is 10.5 Å². The monoisotopic (exact) mass is 375 g/mol. The summed E-state index contributed by atoms with van der Waals surface area (Å²) in [6.45, 7) is 1.96. The fourth-order valence-corrected chi connectivity index (χ4v) is 2.89. The molecule has 0 radical (unpaired) electrons. The number of ether oxygens (including phenoxy) is 1. The lowest BCUT2D eigenvalue weighted by Crippen LogP contribution is -2.26. The van der Waals surface area contributed by atoms with Crippen molar-refractivity contribution in [2.24, 2.45) is 0 Å². The molecule has 1 heterocycles. The second-order valence-electron chi connectivity index (χ2n) is 5.54. The topological polar surface area (TPSA) is 59.8 Å². The van der Waals surface area contributed by atoms with Gasteiger partial charge in [-0.2, -0.15) is 0 Å². The van der Waals surface area contributed by atoms with Gasteiger partial charge in [0.05, 0.1) is 17.3 Å². The highest BCUT2D eigenvalue weighted by atomic mass is 35.5. The van der Waals surface area contributed by atoms with Crippen molar-refractivity contribution in [1.29, 1.82) is 0 Å². The fourth-order valence-electron chi connectivity index (χ4n) is 2.62. The molecule has 3 aromatic rings. The van der Waals surface area contributed by atoms with Crippen LogP contribution in [-0.2, 0) is 4.74 Å². The minimum absolute atomic E-state index is 0.185. The molecule has 134 valence electrons. The first-order valence-corrected chi connectivity index (χ1v) is 8.22. The largest absolute Gasteiger partial charge is 0.449 e. The lowest BCUT2D eigenvalue weighted by atomic mass is 10.0. The quantitative estimate of drug-likeness (QED) is 0.614. The van der Waals surface area contributed by atoms with Crippen LogP contribution in [0.15, 0.2) is 51.7 Å². The van der Waals surface area contributed by atoms with E-state index in [0.29, 0.717) is 22.2 Å². The molecule has 2 aromatic carbocycles. The van der Waals surface area contributed by atoms with Gasteiger partial charge >= 0.3 is 11.7 Å². The van der Waals surface area contributed by atoms with Crippen molar-refractivity contribution in [3.8, 4) is 11.1 Å². The normalized spacial score (nSPS) is 10.8. The highest BCUT2D eigenvalue weighted by molar-refractivity contribution is 6.33. The smallest absolute Gasteiger partial charge is 0.413 e. The van der Waals surface area contributed by atoms with Gasteiger partial charge < -0.3 is 9.15 Å². The van der Waals surface area contributed by atoms with Crippen LogP contribution in [0.3, 0.4) is 0 Å². The number of halogens is 2. The van der Waals surface area contributed by atoms with Gasteiger partial charge in [0.15, 0.2) is 0 Å². The van der Waals surface area contributed by atoms with Crippen LogP contribution in [0.2, 0.25) is 5.02 Å². The van der Waals surface area contributed by atoms with Gasteiger partial charge in [-0.15, -0.1) is 0 Å². The van der Waals surface area contributed by atoms with E-state index in [1.165, 1.54) is 29.2 Å². The Labute approximate surface area is 153 Å². The number of carbonyl (C=O) groups excluding carboxylic acids is 1. The van der Waals surface area contributed by atoms with E-state index in [0.717, 1.165) is 0 Å². The van der Waals surface area contributed by atoms with E-state index in [1.54, 1.807) is 32.2 Å². The minimum atomic E-state index is -0.580. The zero-order valence-electron chi connectivity index (χ0n) is 14.1. The number of nitrogens with zero attached hydrogens (tertiary/aromatic N) is 1. The lowest BCUT2D eigenvalue weighted by molar-refractivity contribution is 0.161. The van der Waals surface area contributed by atoms with E-state index in [1.807, 2.05) is 0 Å². The maximum absolute atomic E-state index is 13.3. The zero-order chi connectivity index (χ0) is 18.8. The van der Waals surface area contributed by atoms with Crippen LogP contribution in [0.1, 0.15) is 6.92 Å². The summed E-state index contributed by atoms with van der Waals surface area (Å²) >= 11 is 6.13. The van der Waals surface area contributed by atoms with Gasteiger partial charge in [0.2, 0.25) is 0 Å². The predicted octanol–water partition coefficient (Wildman–Crippen LogP) is 4.85. The molecule has 0 fully saturated rings. The summed E-state index contributed by atoms with van der Waals surface area (Å²) in [6, 6.07) is 10.2. The standard InChI is InChI=1S/C19H15ClFNO4/c1-3-25-19(24)22(2)12-5-7-14-15(10-18(23)26-17(14)9-12)13-6-4-11(21)8-16(13)20/h4-10H,3H2,1-2H3. The summed E-state index contributed by atoms with van der Waals surface area (Å²) < 4.78 is 23.5. The van der Waals surface area contributed by atoms with E-state index in [9.17, 15) is 14.0 Å². The number of amides is 1. The van der Waals surface area contributed by atoms with Crippen LogP contribution in [0.5, 0.6) is 0 Å². The number of anilines is 1. The van der Waals surface area contributed by atoms with Crippen molar-refractivity contribution in [1.82, 2.24) is 0 Å². The Hall–Kier alpha value is -2.86. The fraction of sp³-hybridized carbons (Fsp3) is 0.158. The number of hydrogen-bond acceptors (Lipinski definition) is 4. The first kappa shape index (κ1) is 17.9. The van der Waals surface area contributed by atoms with Crippen molar-refractivity contribution in [3.05, 3.63) is 63.7 Å². The van der Waals surface area contributed by atoms with Crippen molar-refractivity contribution < 1.29 is 18.3 Å². The summed E-state index contributed by atoms with van der Waals surface area (Å²) in [5.41, 5.74) is 1.23. The molecule has 3 rings (SSSR count). The number of rotatable bonds is 3. The van der Waals surface area contributed by atoms with Gasteiger partial charge in [0, 0.05) is 35.7 Å². The van der Waals surface area contributed by atoms with Gasteiger partial charge in [0.25, 0.3) is 0 Å². The second kappa shape index (κ2) is 7.17. The zero-order valence-corrected chi connectivity index (χ0v) is 14.8. The lowest BCUT2D eigenvalue weighted by Gasteiger charge is -2.17. The summed E-state index contributed by atoms with van der Waals surface area (Å²) in [6.07, 6.45) is -0.521. The van der Waals surface area contributed by atoms with Crippen LogP contribution in [-0.4, -0.2) is 19.7 Å². The number of carbonyl (C=O) groups is 1. The maximum atomic E-state index is 13.3. The average Bonchev–Trinajstić information content (AvgIpc) is 2.60. The third-order valence-electron chi connectivity index (χ3n) is 3.88. The molecule has 1 aromatic heterocycles. The minimum Gasteiger partial charge on any atom is -0.449 e. The number of benzene rings is 2. The van der Waals surface area contributed by atoms with Crippen molar-refractivity contribution in [3.63, 3.8) is 0 Å². The Morgan fingerprint density at radius 1 is 1.19 bits per heavy atom. The molecule has 26 heavy (non-hydrogen) atoms. The molecular formula is C19H15ClFNO4. The van der Waals surface area contributed by atoms with Crippen LogP contribution in [0.25, 0.3) is 22.1 Å². The molecule has 0 aliphatic heterocycles. The third-order valence-corrected chi connectivity index (χ3v) is 4.19. The summed E-state index contributed by atoms with van der Waals surface area (Å²) in [5.74, 6) is -0.468. The molecule has 0 aliphatic carbocycles. The van der Waals surface area contributed by atoms with Crippen LogP contribution in [0.4, 0.5) is 14.9 Å². The van der Waals surface area contributed by atoms with Gasteiger partial charge in [-0.05, 0) is 37.3 Å². The Balaban J connectivity index is 2.15. The van der Waals surface area contributed by atoms with E-state index >= 15 is 0 Å². The molecule has 0 spiro atoms. The molecular weight excluding hydrogens is 361 g/mol. The van der Waals surface area contributed by atoms with E-state index in [2.05, 4.69) is 0 Å². The average molecular weight is 376 g/mol. The molecule has 7 heteroatoms. The SMILES string of the molecule is CCOC(=O)N(C)c1ccc2c(-c3ccc(F)cc3Cl)cc(=O)oc2c1. The molecule has 0 aliphatic rings. The van der Waals surface area contributed by atoms with Crippen LogP contribution in [0, 0.1) is 5.82 Å². The molecule has 0 saturated heterocycles. The Morgan fingerprint density at radius 3 is 2.65 bits per heavy atom. The molecule has 5 nitrogen and oxygen atoms in total. The highest BCUT2D eigenvalue weighted by Gasteiger charge is 2.16. The van der Waals surface area contributed by atoms with Crippen molar-refractivity contribution in [2.45, 2.75) is 6.92 Å². The first-order chi connectivity index (χ1) is 12.4. The second-order valence-corrected chi connectivity index (χ2v) is 5.95. The van der Waals surface area contributed by atoms with Crippen LogP contribution >= 0.6 is 11.6 Å². The van der Waals surface area contributed by atoms with Gasteiger partial charge in [-0.25, -0.2) is 14.0 Å². The predicted molar refractivity (Wildman–Crippen MR) is 98.3 cm³/mol. The molecule has 0 saturated carbocycles. The Morgan fingerprint density at radius 2 is 1.96 bits per heavy atom. The summed E-state index contributed by atoms with van der Waals surface area (Å²) in [4.78, 5) is 25.2. The van der Waals surface area contributed by atoms with E-state index in [4.69, 9.17) is 20.8 Å². The van der Waals surface area contributed by atoms with Gasteiger partial charge in [0.1, 0.15) is 11.4 Å². The Kier molecular flexibility index (Phi) is 4.95. The van der Waals surface area contributed by atoms with Crippen molar-refractivity contribution >= 4 is 34.4 Å². The summed E-state index contributed by atoms with van der Waals surface area (Å²) in [5, 5.41) is 0.795. The van der Waals surface area contributed by atoms with Gasteiger partial charge in [-0.3, -0.25) is 4.90 Å². The Bertz CT molecular complexity index is 1050. The first-order valence-electron chi connectivity index (χ1n) is 7.84. The number of fused-ring (bicyclic) bond motifs is 1. The molecule has 0 unspecified atom stereocenters. The molecule has 0 atom stereocenters. The van der Waals surface area contributed by atoms with E-state index < -0.39 is 17.5 Å². The van der Waals surface area contributed by atoms with E-state index in [-0.39, 0.29) is 17.2 Å². The maximum Gasteiger partial charge on any atom is 0.413 e.